The van der Waals surface area contributed by atoms with Crippen LogP contribution >= 0.6 is 0 Å². The Morgan fingerprint density at radius 2 is 1.55 bits per heavy atom. The van der Waals surface area contributed by atoms with E-state index in [1.165, 1.54) is 38.5 Å². The molecule has 0 bridgehead atoms. The van der Waals surface area contributed by atoms with Gasteiger partial charge in [0.15, 0.2) is 0 Å². The number of hydrogen-bond donors (Lipinski definition) is 1. The predicted octanol–water partition coefficient (Wildman–Crippen LogP) is 4.88. The van der Waals surface area contributed by atoms with E-state index in [0.29, 0.717) is 13.2 Å². The van der Waals surface area contributed by atoms with E-state index in [2.05, 4.69) is 26.0 Å². The highest BCUT2D eigenvalue weighted by atomic mass is 16.5. The molecule has 3 heteroatoms. The van der Waals surface area contributed by atoms with Crippen LogP contribution in [0.15, 0.2) is 12.2 Å². The lowest BCUT2D eigenvalue weighted by molar-refractivity contribution is -0.0432. The van der Waals surface area contributed by atoms with Gasteiger partial charge in [-0.2, -0.15) is 0 Å². The van der Waals surface area contributed by atoms with Gasteiger partial charge in [0.2, 0.25) is 0 Å². The molecule has 22 heavy (non-hydrogen) atoms. The van der Waals surface area contributed by atoms with Crippen LogP contribution in [0.2, 0.25) is 0 Å². The van der Waals surface area contributed by atoms with Crippen molar-refractivity contribution < 1.29 is 14.6 Å². The molecule has 0 heterocycles. The van der Waals surface area contributed by atoms with Gasteiger partial charge in [0.05, 0.1) is 13.2 Å². The van der Waals surface area contributed by atoms with Gasteiger partial charge in [0, 0.05) is 13.2 Å². The highest BCUT2D eigenvalue weighted by Crippen LogP contribution is 2.05. The van der Waals surface area contributed by atoms with Gasteiger partial charge < -0.3 is 14.6 Å². The fourth-order valence-electron chi connectivity index (χ4n) is 2.21. The summed E-state index contributed by atoms with van der Waals surface area (Å²) in [6.45, 7) is 6.46. The topological polar surface area (TPSA) is 38.7 Å². The zero-order valence-corrected chi connectivity index (χ0v) is 14.9. The maximum Gasteiger partial charge on any atom is 0.104 e. The molecule has 0 saturated carbocycles. The fourth-order valence-corrected chi connectivity index (χ4v) is 2.21. The van der Waals surface area contributed by atoms with E-state index in [1.54, 1.807) is 0 Å². The lowest BCUT2D eigenvalue weighted by Gasteiger charge is -2.15. The minimum Gasteiger partial charge on any atom is -0.394 e. The SMILES string of the molecule is CCC/C=C/CCCO[C@H](CO)COCCCCCCCC. The van der Waals surface area contributed by atoms with Crippen LogP contribution in [0.5, 0.6) is 0 Å². The van der Waals surface area contributed by atoms with E-state index in [4.69, 9.17) is 9.47 Å². The molecule has 0 fully saturated rings. The molecule has 0 aromatic carbocycles. The standard InChI is InChI=1S/C19H38O3/c1-3-5-7-9-11-13-15-21-18-19(17-20)22-16-14-12-10-8-6-4-2/h8,10,19-20H,3-7,9,11-18H2,1-2H3/b10-8+/t19-/m1/s1. The summed E-state index contributed by atoms with van der Waals surface area (Å²) in [6, 6.07) is 0. The molecule has 0 saturated heterocycles. The summed E-state index contributed by atoms with van der Waals surface area (Å²) in [4.78, 5) is 0. The molecule has 0 amide bonds. The summed E-state index contributed by atoms with van der Waals surface area (Å²) in [5, 5.41) is 9.28. The van der Waals surface area contributed by atoms with Crippen molar-refractivity contribution in [2.24, 2.45) is 0 Å². The molecule has 132 valence electrons. The first-order valence-electron chi connectivity index (χ1n) is 9.30. The molecule has 0 radical (unpaired) electrons. The predicted molar refractivity (Wildman–Crippen MR) is 94.3 cm³/mol. The lowest BCUT2D eigenvalue weighted by atomic mass is 10.1. The summed E-state index contributed by atoms with van der Waals surface area (Å²) in [5.41, 5.74) is 0. The van der Waals surface area contributed by atoms with E-state index in [0.717, 1.165) is 32.3 Å². The third kappa shape index (κ3) is 16.0. The third-order valence-corrected chi connectivity index (χ3v) is 3.64. The summed E-state index contributed by atoms with van der Waals surface area (Å²) in [7, 11) is 0. The van der Waals surface area contributed by atoms with Gasteiger partial charge in [-0.1, -0.05) is 64.5 Å². The van der Waals surface area contributed by atoms with Crippen LogP contribution in [0.25, 0.3) is 0 Å². The third-order valence-electron chi connectivity index (χ3n) is 3.64. The van der Waals surface area contributed by atoms with Crippen molar-refractivity contribution in [1.29, 1.82) is 0 Å². The Bertz CT molecular complexity index is 229. The van der Waals surface area contributed by atoms with Crippen molar-refractivity contribution in [3.05, 3.63) is 12.2 Å². The van der Waals surface area contributed by atoms with Crippen LogP contribution in [0.1, 0.15) is 78.1 Å². The maximum absolute atomic E-state index is 9.28. The molecule has 0 spiro atoms. The Kier molecular flexibility index (Phi) is 18.3. The monoisotopic (exact) mass is 314 g/mol. The van der Waals surface area contributed by atoms with Gasteiger partial charge in [-0.15, -0.1) is 0 Å². The average molecular weight is 315 g/mol. The number of hydrogen-bond acceptors (Lipinski definition) is 3. The van der Waals surface area contributed by atoms with Gasteiger partial charge in [-0.05, 0) is 25.7 Å². The molecular formula is C19H38O3. The van der Waals surface area contributed by atoms with E-state index >= 15 is 0 Å². The normalized spacial score (nSPS) is 13.0. The van der Waals surface area contributed by atoms with E-state index in [9.17, 15) is 5.11 Å². The molecular weight excluding hydrogens is 276 g/mol. The second kappa shape index (κ2) is 18.7. The van der Waals surface area contributed by atoms with Gasteiger partial charge in [-0.25, -0.2) is 0 Å². The maximum atomic E-state index is 9.28. The Hall–Kier alpha value is -0.380. The molecule has 0 aliphatic heterocycles. The first-order chi connectivity index (χ1) is 10.8. The first kappa shape index (κ1) is 21.6. The molecule has 0 unspecified atom stereocenters. The van der Waals surface area contributed by atoms with E-state index < -0.39 is 0 Å². The minimum absolute atomic E-state index is 0.0438. The number of rotatable bonds is 17. The smallest absolute Gasteiger partial charge is 0.104 e. The minimum atomic E-state index is -0.167. The molecule has 0 aromatic heterocycles. The Morgan fingerprint density at radius 1 is 0.818 bits per heavy atom. The van der Waals surface area contributed by atoms with Crippen molar-refractivity contribution >= 4 is 0 Å². The molecule has 1 atom stereocenters. The summed E-state index contributed by atoms with van der Waals surface area (Å²) in [6.07, 6.45) is 16.3. The van der Waals surface area contributed by atoms with Crippen molar-refractivity contribution in [1.82, 2.24) is 0 Å². The number of aliphatic hydroxyl groups excluding tert-OH is 1. The van der Waals surface area contributed by atoms with Crippen LogP contribution in [-0.2, 0) is 9.47 Å². The van der Waals surface area contributed by atoms with Crippen LogP contribution in [0, 0.1) is 0 Å². The van der Waals surface area contributed by atoms with E-state index in [1.807, 2.05) is 0 Å². The number of unbranched alkanes of at least 4 members (excludes halogenated alkanes) is 7. The molecule has 1 N–H and O–H groups in total. The van der Waals surface area contributed by atoms with Crippen molar-refractivity contribution in [2.75, 3.05) is 26.4 Å². The van der Waals surface area contributed by atoms with Crippen LogP contribution in [0.3, 0.4) is 0 Å². The summed E-state index contributed by atoms with van der Waals surface area (Å²) in [5.74, 6) is 0. The number of ether oxygens (including phenoxy) is 2. The van der Waals surface area contributed by atoms with Crippen molar-refractivity contribution in [2.45, 2.75) is 84.2 Å². The number of allylic oxidation sites excluding steroid dienone is 2. The van der Waals surface area contributed by atoms with Crippen LogP contribution in [-0.4, -0.2) is 37.6 Å². The van der Waals surface area contributed by atoms with Gasteiger partial charge >= 0.3 is 0 Å². The van der Waals surface area contributed by atoms with Gasteiger partial charge in [-0.3, -0.25) is 0 Å². The number of aliphatic hydroxyl groups is 1. The molecule has 3 nitrogen and oxygen atoms in total. The molecule has 0 rings (SSSR count). The molecule has 0 aliphatic rings. The zero-order chi connectivity index (χ0) is 16.3. The highest BCUT2D eigenvalue weighted by molar-refractivity contribution is 4.80. The van der Waals surface area contributed by atoms with Crippen LogP contribution in [0.4, 0.5) is 0 Å². The molecule has 0 aromatic rings. The van der Waals surface area contributed by atoms with Crippen LogP contribution < -0.4 is 0 Å². The van der Waals surface area contributed by atoms with E-state index in [-0.39, 0.29) is 12.7 Å². The summed E-state index contributed by atoms with van der Waals surface area (Å²) >= 11 is 0. The quantitative estimate of drug-likeness (QED) is 0.307. The second-order valence-corrected chi connectivity index (χ2v) is 5.92. The summed E-state index contributed by atoms with van der Waals surface area (Å²) < 4.78 is 11.3. The first-order valence-corrected chi connectivity index (χ1v) is 9.30. The Balaban J connectivity index is 3.36. The fraction of sp³-hybridized carbons (Fsp3) is 0.895. The van der Waals surface area contributed by atoms with Crippen molar-refractivity contribution in [3.63, 3.8) is 0 Å². The Labute approximate surface area is 138 Å². The van der Waals surface area contributed by atoms with Crippen molar-refractivity contribution in [3.8, 4) is 0 Å². The molecule has 0 aliphatic carbocycles. The Morgan fingerprint density at radius 3 is 2.27 bits per heavy atom. The highest BCUT2D eigenvalue weighted by Gasteiger charge is 2.07. The zero-order valence-electron chi connectivity index (χ0n) is 14.9. The van der Waals surface area contributed by atoms with Gasteiger partial charge in [0.1, 0.15) is 6.10 Å². The second-order valence-electron chi connectivity index (χ2n) is 5.92. The lowest BCUT2D eigenvalue weighted by Crippen LogP contribution is -2.24. The average Bonchev–Trinajstić information content (AvgIpc) is 2.54. The van der Waals surface area contributed by atoms with Gasteiger partial charge in [0.25, 0.3) is 0 Å². The largest absolute Gasteiger partial charge is 0.394 e.